The van der Waals surface area contributed by atoms with Gasteiger partial charge in [-0.1, -0.05) is 54.1 Å². The molecule has 2 aromatic rings. The van der Waals surface area contributed by atoms with E-state index < -0.39 is 19.1 Å². The van der Waals surface area contributed by atoms with Gasteiger partial charge in [0.2, 0.25) is 0 Å². The molecule has 0 saturated carbocycles. The summed E-state index contributed by atoms with van der Waals surface area (Å²) in [6.07, 6.45) is 0. The van der Waals surface area contributed by atoms with Crippen molar-refractivity contribution >= 4 is 24.5 Å². The topological polar surface area (TPSA) is 55.8 Å². The van der Waals surface area contributed by atoms with Crippen LogP contribution in [0.5, 0.6) is 0 Å². The smallest absolute Gasteiger partial charge is 0.494 e. The Bertz CT molecular complexity index is 740. The fourth-order valence-corrected chi connectivity index (χ4v) is 2.58. The number of hydrogen-bond donors (Lipinski definition) is 0. The zero-order chi connectivity index (χ0) is 17.1. The van der Waals surface area contributed by atoms with E-state index in [0.717, 1.165) is 11.1 Å². The highest BCUT2D eigenvalue weighted by Crippen LogP contribution is 2.19. The lowest BCUT2D eigenvalue weighted by atomic mass is 9.77. The third-order valence-corrected chi connectivity index (χ3v) is 3.82. The minimum Gasteiger partial charge on any atom is -0.494 e. The Morgan fingerprint density at radius 2 is 1.54 bits per heavy atom. The molecule has 5 nitrogen and oxygen atoms in total. The van der Waals surface area contributed by atoms with E-state index in [4.69, 9.17) is 9.31 Å². The SMILES string of the molecule is Cc1ccc(-c2cccc(B3OC(=O)CN(C)CC(=O)O3)c2)cc1. The summed E-state index contributed by atoms with van der Waals surface area (Å²) in [6, 6.07) is 15.6. The monoisotopic (exact) mass is 323 g/mol. The van der Waals surface area contributed by atoms with Gasteiger partial charge in [0.25, 0.3) is 0 Å². The van der Waals surface area contributed by atoms with Crippen molar-refractivity contribution in [3.05, 3.63) is 54.1 Å². The molecule has 0 aliphatic carbocycles. The molecule has 0 N–H and O–H groups in total. The largest absolute Gasteiger partial charge is 0.636 e. The normalized spacial score (nSPS) is 16.2. The van der Waals surface area contributed by atoms with Gasteiger partial charge < -0.3 is 9.31 Å². The van der Waals surface area contributed by atoms with Crippen LogP contribution >= 0.6 is 0 Å². The lowest BCUT2D eigenvalue weighted by Crippen LogP contribution is -2.47. The highest BCUT2D eigenvalue weighted by molar-refractivity contribution is 6.64. The van der Waals surface area contributed by atoms with E-state index in [2.05, 4.69) is 0 Å². The Hall–Kier alpha value is -2.60. The third kappa shape index (κ3) is 3.83. The first kappa shape index (κ1) is 16.3. The molecule has 1 aliphatic rings. The standard InChI is InChI=1S/C18H18BNO4/c1-13-6-8-14(9-7-13)15-4-3-5-16(10-15)19-23-17(21)11-20(2)12-18(22)24-19/h3-10H,11-12H2,1-2H3. The lowest BCUT2D eigenvalue weighted by molar-refractivity contribution is -0.145. The first-order chi connectivity index (χ1) is 11.5. The second-order valence-electron chi connectivity index (χ2n) is 5.98. The van der Waals surface area contributed by atoms with Crippen molar-refractivity contribution in [2.45, 2.75) is 6.92 Å². The van der Waals surface area contributed by atoms with Crippen LogP contribution in [-0.2, 0) is 18.9 Å². The molecule has 122 valence electrons. The zero-order valence-electron chi connectivity index (χ0n) is 13.7. The van der Waals surface area contributed by atoms with E-state index in [0.29, 0.717) is 5.46 Å². The van der Waals surface area contributed by atoms with Gasteiger partial charge in [-0.05, 0) is 25.1 Å². The van der Waals surface area contributed by atoms with Crippen LogP contribution in [0.15, 0.2) is 48.5 Å². The van der Waals surface area contributed by atoms with Crippen molar-refractivity contribution < 1.29 is 18.9 Å². The van der Waals surface area contributed by atoms with Gasteiger partial charge in [0.1, 0.15) is 0 Å². The van der Waals surface area contributed by atoms with Crippen molar-refractivity contribution in [2.75, 3.05) is 20.1 Å². The third-order valence-electron chi connectivity index (χ3n) is 3.82. The van der Waals surface area contributed by atoms with Crippen LogP contribution in [0.25, 0.3) is 11.1 Å². The number of aryl methyl sites for hydroxylation is 1. The van der Waals surface area contributed by atoms with Gasteiger partial charge in [0, 0.05) is 5.46 Å². The summed E-state index contributed by atoms with van der Waals surface area (Å²) in [4.78, 5) is 25.3. The summed E-state index contributed by atoms with van der Waals surface area (Å²) in [7, 11) is 0.657. The van der Waals surface area contributed by atoms with Gasteiger partial charge in [0.15, 0.2) is 0 Å². The van der Waals surface area contributed by atoms with E-state index in [1.807, 2.05) is 49.4 Å². The maximum Gasteiger partial charge on any atom is 0.636 e. The molecule has 0 unspecified atom stereocenters. The van der Waals surface area contributed by atoms with Crippen molar-refractivity contribution in [3.8, 4) is 11.1 Å². The molecule has 0 amide bonds. The number of carbonyl (C=O) groups excluding carboxylic acids is 2. The summed E-state index contributed by atoms with van der Waals surface area (Å²) in [5.41, 5.74) is 3.84. The Morgan fingerprint density at radius 3 is 2.17 bits per heavy atom. The number of carbonyl (C=O) groups is 2. The molecule has 6 heteroatoms. The lowest BCUT2D eigenvalue weighted by Gasteiger charge is -2.22. The van der Waals surface area contributed by atoms with Crippen LogP contribution in [0.3, 0.4) is 0 Å². The molecule has 1 saturated heterocycles. The average molecular weight is 323 g/mol. The summed E-state index contributed by atoms with van der Waals surface area (Å²) in [5, 5.41) is 0. The highest BCUT2D eigenvalue weighted by atomic mass is 16.6. The molecule has 24 heavy (non-hydrogen) atoms. The predicted octanol–water partition coefficient (Wildman–Crippen LogP) is 1.39. The van der Waals surface area contributed by atoms with Crippen LogP contribution < -0.4 is 5.46 Å². The van der Waals surface area contributed by atoms with Crippen LogP contribution in [0, 0.1) is 6.92 Å². The average Bonchev–Trinajstić information content (AvgIpc) is 2.53. The van der Waals surface area contributed by atoms with E-state index in [-0.39, 0.29) is 13.1 Å². The summed E-state index contributed by atoms with van der Waals surface area (Å²) in [5.74, 6) is -0.841. The van der Waals surface area contributed by atoms with Crippen molar-refractivity contribution in [1.29, 1.82) is 0 Å². The van der Waals surface area contributed by atoms with Crippen LogP contribution in [-0.4, -0.2) is 44.1 Å². The van der Waals surface area contributed by atoms with Gasteiger partial charge in [-0.25, -0.2) is 0 Å². The minimum absolute atomic E-state index is 0.0588. The molecule has 1 aliphatic heterocycles. The first-order valence-corrected chi connectivity index (χ1v) is 7.76. The molecule has 0 bridgehead atoms. The molecule has 2 aromatic carbocycles. The Balaban J connectivity index is 1.88. The number of likely N-dealkylation sites (N-methyl/N-ethyl adjacent to an activating group) is 1. The number of rotatable bonds is 2. The van der Waals surface area contributed by atoms with Gasteiger partial charge in [-0.15, -0.1) is 0 Å². The van der Waals surface area contributed by atoms with Crippen LogP contribution in [0.1, 0.15) is 5.56 Å². The summed E-state index contributed by atoms with van der Waals surface area (Å²) >= 11 is 0. The van der Waals surface area contributed by atoms with Crippen molar-refractivity contribution in [2.24, 2.45) is 0 Å². The van der Waals surface area contributed by atoms with Crippen LogP contribution in [0.4, 0.5) is 0 Å². The van der Waals surface area contributed by atoms with Gasteiger partial charge >= 0.3 is 19.1 Å². The summed E-state index contributed by atoms with van der Waals surface area (Å²) in [6.45, 7) is 2.15. The number of benzene rings is 2. The Kier molecular flexibility index (Phi) is 4.67. The number of hydrogen-bond acceptors (Lipinski definition) is 5. The van der Waals surface area contributed by atoms with E-state index in [9.17, 15) is 9.59 Å². The molecule has 1 heterocycles. The Labute approximate surface area is 141 Å². The summed E-state index contributed by atoms with van der Waals surface area (Å²) < 4.78 is 10.6. The fraction of sp³-hybridized carbons (Fsp3) is 0.222. The first-order valence-electron chi connectivity index (χ1n) is 7.76. The van der Waals surface area contributed by atoms with Crippen molar-refractivity contribution in [3.63, 3.8) is 0 Å². The highest BCUT2D eigenvalue weighted by Gasteiger charge is 2.33. The van der Waals surface area contributed by atoms with E-state index >= 15 is 0 Å². The fourth-order valence-electron chi connectivity index (χ4n) is 2.58. The molecule has 0 radical (unpaired) electrons. The molecule has 3 rings (SSSR count). The molecule has 1 fully saturated rings. The zero-order valence-corrected chi connectivity index (χ0v) is 13.7. The van der Waals surface area contributed by atoms with E-state index in [1.165, 1.54) is 5.56 Å². The van der Waals surface area contributed by atoms with Crippen LogP contribution in [0.2, 0.25) is 0 Å². The molecular weight excluding hydrogens is 305 g/mol. The maximum absolute atomic E-state index is 11.9. The molecule has 0 aromatic heterocycles. The van der Waals surface area contributed by atoms with Crippen molar-refractivity contribution in [1.82, 2.24) is 4.90 Å². The Morgan fingerprint density at radius 1 is 0.917 bits per heavy atom. The van der Waals surface area contributed by atoms with Gasteiger partial charge in [0.05, 0.1) is 13.1 Å². The molecule has 0 spiro atoms. The van der Waals surface area contributed by atoms with Gasteiger partial charge in [-0.3, -0.25) is 14.5 Å². The number of nitrogens with zero attached hydrogens (tertiary/aromatic N) is 1. The maximum atomic E-state index is 11.9. The molecule has 0 atom stereocenters. The minimum atomic E-state index is -1.01. The second kappa shape index (κ2) is 6.89. The van der Waals surface area contributed by atoms with E-state index in [1.54, 1.807) is 18.0 Å². The molecular formula is C18H18BNO4. The second-order valence-corrected chi connectivity index (χ2v) is 5.98. The quantitative estimate of drug-likeness (QED) is 0.782. The van der Waals surface area contributed by atoms with Gasteiger partial charge in [-0.2, -0.15) is 0 Å². The predicted molar refractivity (Wildman–Crippen MR) is 91.7 cm³/mol.